The van der Waals surface area contributed by atoms with Crippen molar-refractivity contribution in [3.63, 3.8) is 0 Å². The quantitative estimate of drug-likeness (QED) is 0.745. The number of hydrogen-bond acceptors (Lipinski definition) is 4. The molecule has 1 aliphatic rings. The summed E-state index contributed by atoms with van der Waals surface area (Å²) in [7, 11) is -3.53. The van der Waals surface area contributed by atoms with E-state index in [0.29, 0.717) is 6.42 Å². The van der Waals surface area contributed by atoms with E-state index in [4.69, 9.17) is 5.11 Å². The molecule has 0 aromatic carbocycles. The maximum absolute atomic E-state index is 12.1. The van der Waals surface area contributed by atoms with Crippen LogP contribution in [0.5, 0.6) is 0 Å². The number of carboxylic acids is 1. The molecule has 2 N–H and O–H groups in total. The fourth-order valence-corrected chi connectivity index (χ4v) is 3.67. The summed E-state index contributed by atoms with van der Waals surface area (Å²) in [6.45, 7) is 3.69. The summed E-state index contributed by atoms with van der Waals surface area (Å²) in [6.07, 6.45) is 2.52. The minimum absolute atomic E-state index is 0.0944. The number of amides is 1. The molecule has 1 aliphatic carbocycles. The van der Waals surface area contributed by atoms with Crippen molar-refractivity contribution in [2.24, 2.45) is 5.92 Å². The first kappa shape index (κ1) is 15.9. The van der Waals surface area contributed by atoms with Crippen LogP contribution in [0.15, 0.2) is 0 Å². The van der Waals surface area contributed by atoms with Gasteiger partial charge in [-0.1, -0.05) is 13.8 Å². The highest BCUT2D eigenvalue weighted by molar-refractivity contribution is 7.93. The summed E-state index contributed by atoms with van der Waals surface area (Å²) in [5, 5.41) is 11.4. The van der Waals surface area contributed by atoms with Gasteiger partial charge in [0, 0.05) is 6.26 Å². The molecule has 0 saturated heterocycles. The Morgan fingerprint density at radius 1 is 1.32 bits per heavy atom. The van der Waals surface area contributed by atoms with Gasteiger partial charge in [0.2, 0.25) is 5.91 Å². The summed E-state index contributed by atoms with van der Waals surface area (Å²) < 4.78 is 22.1. The van der Waals surface area contributed by atoms with Gasteiger partial charge in [0.05, 0.1) is 0 Å². The zero-order valence-corrected chi connectivity index (χ0v) is 12.3. The molecule has 1 atom stereocenters. The second-order valence-corrected chi connectivity index (χ2v) is 7.94. The number of carbonyl (C=O) groups excluding carboxylic acids is 1. The Morgan fingerprint density at radius 2 is 1.84 bits per heavy atom. The number of rotatable bonds is 6. The van der Waals surface area contributed by atoms with Crippen LogP contribution in [0.25, 0.3) is 0 Å². The summed E-state index contributed by atoms with van der Waals surface area (Å²) >= 11 is 0. The van der Waals surface area contributed by atoms with Crippen molar-refractivity contribution in [1.29, 1.82) is 0 Å². The summed E-state index contributed by atoms with van der Waals surface area (Å²) in [4.78, 5) is 23.2. The first-order valence-corrected chi connectivity index (χ1v) is 8.22. The van der Waals surface area contributed by atoms with Crippen LogP contribution in [-0.2, 0) is 19.4 Å². The molecule has 0 radical (unpaired) electrons. The normalized spacial score (nSPS) is 19.6. The molecule has 0 bridgehead atoms. The van der Waals surface area contributed by atoms with Crippen LogP contribution < -0.4 is 5.32 Å². The Balaban J connectivity index is 2.85. The average molecular weight is 291 g/mol. The molecule has 110 valence electrons. The first-order valence-electron chi connectivity index (χ1n) is 6.33. The van der Waals surface area contributed by atoms with Gasteiger partial charge >= 0.3 is 5.97 Å². The third-order valence-electron chi connectivity index (χ3n) is 3.60. The molecule has 0 aliphatic heterocycles. The van der Waals surface area contributed by atoms with E-state index in [9.17, 15) is 18.0 Å². The van der Waals surface area contributed by atoms with Gasteiger partial charge < -0.3 is 10.4 Å². The predicted octanol–water partition coefficient (Wildman–Crippen LogP) is 0.569. The number of hydrogen-bond donors (Lipinski definition) is 2. The Bertz CT molecular complexity index is 465. The Labute approximate surface area is 113 Å². The van der Waals surface area contributed by atoms with E-state index >= 15 is 0 Å². The largest absolute Gasteiger partial charge is 0.480 e. The van der Waals surface area contributed by atoms with E-state index in [1.54, 1.807) is 0 Å². The molecule has 1 saturated carbocycles. The molecular formula is C12H21NO5S. The van der Waals surface area contributed by atoms with Gasteiger partial charge in [0.15, 0.2) is 9.84 Å². The van der Waals surface area contributed by atoms with E-state index in [0.717, 1.165) is 6.26 Å². The topological polar surface area (TPSA) is 101 Å². The molecule has 0 spiro atoms. The lowest BCUT2D eigenvalue weighted by molar-refractivity contribution is -0.143. The molecule has 7 heteroatoms. The molecule has 1 fully saturated rings. The second kappa shape index (κ2) is 5.48. The van der Waals surface area contributed by atoms with Crippen LogP contribution in [0.4, 0.5) is 0 Å². The van der Waals surface area contributed by atoms with Gasteiger partial charge in [-0.15, -0.1) is 0 Å². The number of carbonyl (C=O) groups is 2. The minimum Gasteiger partial charge on any atom is -0.480 e. The molecule has 0 aromatic heterocycles. The van der Waals surface area contributed by atoms with Crippen LogP contribution in [0.3, 0.4) is 0 Å². The molecule has 6 nitrogen and oxygen atoms in total. The molecule has 19 heavy (non-hydrogen) atoms. The molecule has 0 heterocycles. The lowest BCUT2D eigenvalue weighted by Crippen LogP contribution is -2.59. The molecule has 1 rings (SSSR count). The van der Waals surface area contributed by atoms with Gasteiger partial charge in [0.1, 0.15) is 10.8 Å². The number of aliphatic carboxylic acids is 1. The Morgan fingerprint density at radius 3 is 2.11 bits per heavy atom. The SMILES string of the molecule is CC(C)C[C@@H](NC(=O)C1(S(C)(=O)=O)CCC1)C(=O)O. The third-order valence-corrected chi connectivity index (χ3v) is 5.61. The van der Waals surface area contributed by atoms with E-state index in [1.165, 1.54) is 0 Å². The maximum atomic E-state index is 12.1. The highest BCUT2D eigenvalue weighted by Gasteiger charge is 2.53. The van der Waals surface area contributed by atoms with E-state index in [1.807, 2.05) is 13.8 Å². The lowest BCUT2D eigenvalue weighted by atomic mass is 9.83. The number of carboxylic acid groups (broad SMARTS) is 1. The highest BCUT2D eigenvalue weighted by atomic mass is 32.2. The van der Waals surface area contributed by atoms with Crippen molar-refractivity contribution in [2.75, 3.05) is 6.26 Å². The fourth-order valence-electron chi connectivity index (χ4n) is 2.25. The van der Waals surface area contributed by atoms with Crippen LogP contribution in [0.1, 0.15) is 39.5 Å². The minimum atomic E-state index is -3.53. The Kier molecular flexibility index (Phi) is 4.60. The monoisotopic (exact) mass is 291 g/mol. The first-order chi connectivity index (χ1) is 8.60. The van der Waals surface area contributed by atoms with E-state index < -0.39 is 32.5 Å². The smallest absolute Gasteiger partial charge is 0.326 e. The van der Waals surface area contributed by atoms with Gasteiger partial charge in [0.25, 0.3) is 0 Å². The summed E-state index contributed by atoms with van der Waals surface area (Å²) in [6, 6.07) is -1.04. The van der Waals surface area contributed by atoms with E-state index in [2.05, 4.69) is 5.32 Å². The van der Waals surface area contributed by atoms with Crippen LogP contribution in [-0.4, -0.2) is 42.4 Å². The van der Waals surface area contributed by atoms with Gasteiger partial charge in [-0.3, -0.25) is 4.79 Å². The zero-order valence-electron chi connectivity index (χ0n) is 11.5. The number of sulfone groups is 1. The fraction of sp³-hybridized carbons (Fsp3) is 0.833. The Hall–Kier alpha value is -1.11. The second-order valence-electron chi connectivity index (χ2n) is 5.61. The van der Waals surface area contributed by atoms with Crippen molar-refractivity contribution in [3.8, 4) is 0 Å². The van der Waals surface area contributed by atoms with E-state index in [-0.39, 0.29) is 25.2 Å². The molecule has 0 aromatic rings. The average Bonchev–Trinajstić information content (AvgIpc) is 2.10. The van der Waals surface area contributed by atoms with Crippen molar-refractivity contribution in [3.05, 3.63) is 0 Å². The highest BCUT2D eigenvalue weighted by Crippen LogP contribution is 2.39. The van der Waals surface area contributed by atoms with Crippen LogP contribution in [0.2, 0.25) is 0 Å². The zero-order chi connectivity index (χ0) is 14.8. The van der Waals surface area contributed by atoms with Gasteiger partial charge in [-0.2, -0.15) is 0 Å². The molecule has 0 unspecified atom stereocenters. The standard InChI is InChI=1S/C12H21NO5S/c1-8(2)7-9(10(14)15)13-11(16)12(5-4-6-12)19(3,17)18/h8-9H,4-7H2,1-3H3,(H,13,16)(H,14,15)/t9-/m1/s1. The molecular weight excluding hydrogens is 270 g/mol. The van der Waals surface area contributed by atoms with Crippen molar-refractivity contribution in [1.82, 2.24) is 5.32 Å². The third kappa shape index (κ3) is 3.26. The summed E-state index contributed by atoms with van der Waals surface area (Å²) in [5.74, 6) is -1.71. The van der Waals surface area contributed by atoms with Crippen LogP contribution >= 0.6 is 0 Å². The van der Waals surface area contributed by atoms with Gasteiger partial charge in [-0.25, -0.2) is 13.2 Å². The molecule has 1 amide bonds. The van der Waals surface area contributed by atoms with Crippen molar-refractivity contribution < 1.29 is 23.1 Å². The van der Waals surface area contributed by atoms with Crippen LogP contribution in [0, 0.1) is 5.92 Å². The van der Waals surface area contributed by atoms with Gasteiger partial charge in [-0.05, 0) is 31.6 Å². The predicted molar refractivity (Wildman–Crippen MR) is 70.4 cm³/mol. The van der Waals surface area contributed by atoms with Crippen molar-refractivity contribution >= 4 is 21.7 Å². The number of nitrogens with one attached hydrogen (secondary N) is 1. The lowest BCUT2D eigenvalue weighted by Gasteiger charge is -2.38. The van der Waals surface area contributed by atoms with Crippen molar-refractivity contribution in [2.45, 2.75) is 50.3 Å². The summed E-state index contributed by atoms with van der Waals surface area (Å²) in [5.41, 5.74) is 0. The maximum Gasteiger partial charge on any atom is 0.326 e.